The van der Waals surface area contributed by atoms with Crippen LogP contribution in [0.3, 0.4) is 0 Å². The average Bonchev–Trinajstić information content (AvgIpc) is 2.86. The summed E-state index contributed by atoms with van der Waals surface area (Å²) < 4.78 is 2.14. The maximum absolute atomic E-state index is 4.42. The molecule has 0 saturated carbocycles. The molecule has 1 aliphatic heterocycles. The first-order valence-electron chi connectivity index (χ1n) is 7.66. The Labute approximate surface area is 129 Å². The molecule has 116 valence electrons. The zero-order valence-corrected chi connectivity index (χ0v) is 13.8. The lowest BCUT2D eigenvalue weighted by molar-refractivity contribution is 0.171. The van der Waals surface area contributed by atoms with Crippen LogP contribution in [0.5, 0.6) is 0 Å². The van der Waals surface area contributed by atoms with Gasteiger partial charge in [0.05, 0.1) is 5.69 Å². The summed E-state index contributed by atoms with van der Waals surface area (Å²) in [5.41, 5.74) is 1.35. The van der Waals surface area contributed by atoms with Gasteiger partial charge in [0.25, 0.3) is 0 Å². The molecule has 0 aromatic carbocycles. The Kier molecular flexibility index (Phi) is 7.56. The van der Waals surface area contributed by atoms with Gasteiger partial charge in [0.1, 0.15) is 0 Å². The summed E-state index contributed by atoms with van der Waals surface area (Å²) in [5, 5.41) is 7.89. The van der Waals surface area contributed by atoms with E-state index in [4.69, 9.17) is 0 Å². The number of halogens is 1. The van der Waals surface area contributed by atoms with Gasteiger partial charge in [0.2, 0.25) is 0 Å². The summed E-state index contributed by atoms with van der Waals surface area (Å²) in [6, 6.07) is 2.61. The Hall–Kier alpha value is -0.580. The third-order valence-electron chi connectivity index (χ3n) is 4.02. The van der Waals surface area contributed by atoms with Crippen LogP contribution in [0.15, 0.2) is 12.3 Å². The van der Waals surface area contributed by atoms with Crippen LogP contribution in [0.25, 0.3) is 0 Å². The molecule has 1 aromatic rings. The van der Waals surface area contributed by atoms with Gasteiger partial charge in [-0.1, -0.05) is 6.92 Å². The Bertz CT molecular complexity index is 370. The third kappa shape index (κ3) is 4.76. The molecule has 5 heteroatoms. The van der Waals surface area contributed by atoms with E-state index < -0.39 is 0 Å². The van der Waals surface area contributed by atoms with Gasteiger partial charge >= 0.3 is 0 Å². The van der Waals surface area contributed by atoms with Crippen molar-refractivity contribution in [2.75, 3.05) is 26.2 Å². The van der Waals surface area contributed by atoms with Gasteiger partial charge < -0.3 is 5.32 Å². The molecule has 4 nitrogen and oxygen atoms in total. The molecule has 0 spiro atoms. The number of hydrogen-bond donors (Lipinski definition) is 1. The van der Waals surface area contributed by atoms with Crippen molar-refractivity contribution in [1.82, 2.24) is 20.0 Å². The molecule has 0 aliphatic carbocycles. The predicted molar refractivity (Wildman–Crippen MR) is 86.4 cm³/mol. The first kappa shape index (κ1) is 17.5. The van der Waals surface area contributed by atoms with E-state index in [0.717, 1.165) is 19.0 Å². The largest absolute Gasteiger partial charge is 0.317 e. The van der Waals surface area contributed by atoms with Gasteiger partial charge in [-0.05, 0) is 64.9 Å². The molecule has 1 saturated heterocycles. The molecule has 2 heterocycles. The van der Waals surface area contributed by atoms with Crippen molar-refractivity contribution in [3.05, 3.63) is 18.0 Å². The number of hydrogen-bond acceptors (Lipinski definition) is 3. The van der Waals surface area contributed by atoms with Gasteiger partial charge in [-0.3, -0.25) is 9.58 Å². The maximum Gasteiger partial charge on any atom is 0.0527 e. The van der Waals surface area contributed by atoms with Crippen LogP contribution in [0.2, 0.25) is 0 Å². The third-order valence-corrected chi connectivity index (χ3v) is 4.02. The molecule has 1 aromatic heterocycles. The normalized spacial score (nSPS) is 17.4. The van der Waals surface area contributed by atoms with E-state index >= 15 is 0 Å². The van der Waals surface area contributed by atoms with Crippen LogP contribution in [0.4, 0.5) is 0 Å². The van der Waals surface area contributed by atoms with Gasteiger partial charge in [-0.15, -0.1) is 12.4 Å². The SMILES string of the molecule is CCNCC1CCN(Cc2ccnn2C(C)C)CC1.Cl. The second-order valence-corrected chi connectivity index (χ2v) is 5.89. The number of piperidine rings is 1. The van der Waals surface area contributed by atoms with Gasteiger partial charge in [0, 0.05) is 18.8 Å². The summed E-state index contributed by atoms with van der Waals surface area (Å²) in [4.78, 5) is 2.57. The summed E-state index contributed by atoms with van der Waals surface area (Å²) >= 11 is 0. The fourth-order valence-corrected chi connectivity index (χ4v) is 2.86. The van der Waals surface area contributed by atoms with Crippen LogP contribution < -0.4 is 5.32 Å². The zero-order chi connectivity index (χ0) is 13.7. The zero-order valence-electron chi connectivity index (χ0n) is 13.0. The quantitative estimate of drug-likeness (QED) is 0.877. The first-order chi connectivity index (χ1) is 9.20. The molecule has 1 aliphatic rings. The Morgan fingerprint density at radius 2 is 2.05 bits per heavy atom. The van der Waals surface area contributed by atoms with Crippen molar-refractivity contribution >= 4 is 12.4 Å². The Morgan fingerprint density at radius 1 is 1.35 bits per heavy atom. The average molecular weight is 301 g/mol. The highest BCUT2D eigenvalue weighted by Crippen LogP contribution is 2.19. The summed E-state index contributed by atoms with van der Waals surface area (Å²) in [5.74, 6) is 0.867. The van der Waals surface area contributed by atoms with Crippen LogP contribution in [0, 0.1) is 5.92 Å². The van der Waals surface area contributed by atoms with Crippen LogP contribution in [-0.2, 0) is 6.54 Å². The lowest BCUT2D eigenvalue weighted by atomic mass is 9.96. The molecule has 20 heavy (non-hydrogen) atoms. The van der Waals surface area contributed by atoms with Crippen molar-refractivity contribution in [1.29, 1.82) is 0 Å². The Balaban J connectivity index is 0.00000200. The molecule has 0 bridgehead atoms. The predicted octanol–water partition coefficient (Wildman–Crippen LogP) is 2.71. The minimum absolute atomic E-state index is 0. The topological polar surface area (TPSA) is 33.1 Å². The fourth-order valence-electron chi connectivity index (χ4n) is 2.86. The van der Waals surface area contributed by atoms with Crippen molar-refractivity contribution in [3.63, 3.8) is 0 Å². The van der Waals surface area contributed by atoms with Crippen LogP contribution in [0.1, 0.15) is 45.3 Å². The van der Waals surface area contributed by atoms with Gasteiger partial charge in [-0.25, -0.2) is 0 Å². The Morgan fingerprint density at radius 3 is 2.65 bits per heavy atom. The van der Waals surface area contributed by atoms with E-state index in [2.05, 4.69) is 46.8 Å². The van der Waals surface area contributed by atoms with Gasteiger partial charge in [-0.2, -0.15) is 5.10 Å². The lowest BCUT2D eigenvalue weighted by Gasteiger charge is -2.32. The monoisotopic (exact) mass is 300 g/mol. The summed E-state index contributed by atoms with van der Waals surface area (Å²) in [6.45, 7) is 12.3. The molecule has 2 rings (SSSR count). The van der Waals surface area contributed by atoms with E-state index in [9.17, 15) is 0 Å². The van der Waals surface area contributed by atoms with E-state index in [1.54, 1.807) is 0 Å². The second kappa shape index (κ2) is 8.65. The van der Waals surface area contributed by atoms with Crippen LogP contribution >= 0.6 is 12.4 Å². The number of likely N-dealkylation sites (tertiary alicyclic amines) is 1. The standard InChI is InChI=1S/C15H28N4.ClH/c1-4-16-11-14-6-9-18(10-7-14)12-15-5-8-17-19(15)13(2)3;/h5,8,13-14,16H,4,6-7,9-12H2,1-3H3;1H. The smallest absolute Gasteiger partial charge is 0.0527 e. The van der Waals surface area contributed by atoms with Crippen molar-refractivity contribution in [2.24, 2.45) is 5.92 Å². The molecule has 0 amide bonds. The summed E-state index contributed by atoms with van der Waals surface area (Å²) in [7, 11) is 0. The number of nitrogens with one attached hydrogen (secondary N) is 1. The van der Waals surface area contributed by atoms with E-state index in [0.29, 0.717) is 6.04 Å². The molecular formula is C15H29ClN4. The molecule has 1 fully saturated rings. The number of nitrogens with zero attached hydrogens (tertiary/aromatic N) is 3. The van der Waals surface area contributed by atoms with Crippen molar-refractivity contribution in [2.45, 2.75) is 46.2 Å². The highest BCUT2D eigenvalue weighted by Gasteiger charge is 2.20. The van der Waals surface area contributed by atoms with Crippen molar-refractivity contribution < 1.29 is 0 Å². The van der Waals surface area contributed by atoms with Crippen molar-refractivity contribution in [3.8, 4) is 0 Å². The number of aromatic nitrogens is 2. The van der Waals surface area contributed by atoms with E-state index in [-0.39, 0.29) is 12.4 Å². The highest BCUT2D eigenvalue weighted by molar-refractivity contribution is 5.85. The molecule has 1 N–H and O–H groups in total. The maximum atomic E-state index is 4.42. The molecule has 0 unspecified atom stereocenters. The minimum atomic E-state index is 0. The lowest BCUT2D eigenvalue weighted by Crippen LogP contribution is -2.37. The van der Waals surface area contributed by atoms with E-state index in [1.807, 2.05) is 6.20 Å². The van der Waals surface area contributed by atoms with E-state index in [1.165, 1.54) is 38.2 Å². The fraction of sp³-hybridized carbons (Fsp3) is 0.800. The first-order valence-corrected chi connectivity index (χ1v) is 7.66. The molecule has 0 atom stereocenters. The molecular weight excluding hydrogens is 272 g/mol. The highest BCUT2D eigenvalue weighted by atomic mass is 35.5. The number of rotatable bonds is 6. The van der Waals surface area contributed by atoms with Crippen LogP contribution in [-0.4, -0.2) is 40.9 Å². The molecule has 0 radical (unpaired) electrons. The second-order valence-electron chi connectivity index (χ2n) is 5.89. The summed E-state index contributed by atoms with van der Waals surface area (Å²) in [6.07, 6.45) is 4.57. The van der Waals surface area contributed by atoms with Gasteiger partial charge in [0.15, 0.2) is 0 Å². The minimum Gasteiger partial charge on any atom is -0.317 e.